The molecule has 2 aromatic rings. The van der Waals surface area contributed by atoms with E-state index in [0.29, 0.717) is 6.04 Å². The minimum absolute atomic E-state index is 0.433. The molecule has 0 fully saturated rings. The lowest BCUT2D eigenvalue weighted by atomic mass is 10.0. The van der Waals surface area contributed by atoms with Gasteiger partial charge in [-0.25, -0.2) is 0 Å². The van der Waals surface area contributed by atoms with Crippen molar-refractivity contribution in [2.45, 2.75) is 39.7 Å². The van der Waals surface area contributed by atoms with E-state index in [9.17, 15) is 0 Å². The monoisotopic (exact) mass is 326 g/mol. The summed E-state index contributed by atoms with van der Waals surface area (Å²) in [4.78, 5) is 3.28. The minimum atomic E-state index is 0.433. The molecule has 1 aromatic carbocycles. The molecular weight excluding hydrogens is 308 g/mol. The molecule has 1 aromatic heterocycles. The van der Waals surface area contributed by atoms with Gasteiger partial charge < -0.3 is 9.55 Å². The number of H-pyrrole nitrogens is 1. The summed E-state index contributed by atoms with van der Waals surface area (Å²) in [5.41, 5.74) is 2.30. The Balaban J connectivity index is 2.40. The highest BCUT2D eigenvalue weighted by Crippen LogP contribution is 2.25. The maximum absolute atomic E-state index is 5.44. The van der Waals surface area contributed by atoms with Crippen LogP contribution in [0.5, 0.6) is 0 Å². The van der Waals surface area contributed by atoms with E-state index in [1.807, 2.05) is 6.07 Å². The molecule has 0 spiro atoms. The fourth-order valence-electron chi connectivity index (χ4n) is 2.24. The van der Waals surface area contributed by atoms with Crippen LogP contribution in [0.15, 0.2) is 22.7 Å². The van der Waals surface area contributed by atoms with Crippen LogP contribution in [0.1, 0.15) is 39.7 Å². The van der Waals surface area contributed by atoms with Gasteiger partial charge >= 0.3 is 0 Å². The van der Waals surface area contributed by atoms with Crippen molar-refractivity contribution < 1.29 is 0 Å². The number of hydrogen-bond acceptors (Lipinski definition) is 1. The van der Waals surface area contributed by atoms with Gasteiger partial charge in [0.2, 0.25) is 0 Å². The lowest BCUT2D eigenvalue weighted by molar-refractivity contribution is 0.443. The van der Waals surface area contributed by atoms with Gasteiger partial charge in [-0.15, -0.1) is 0 Å². The van der Waals surface area contributed by atoms with Crippen LogP contribution in [-0.2, 0) is 0 Å². The molecule has 0 bridgehead atoms. The Labute approximate surface area is 122 Å². The van der Waals surface area contributed by atoms with Gasteiger partial charge in [-0.1, -0.05) is 29.8 Å². The largest absolute Gasteiger partial charge is 0.331 e. The third kappa shape index (κ3) is 2.86. The van der Waals surface area contributed by atoms with Gasteiger partial charge in [0.25, 0.3) is 0 Å². The van der Waals surface area contributed by atoms with Gasteiger partial charge in [-0.05, 0) is 56.1 Å². The SMILES string of the molecule is CC(C)CCC(C)n1c(=S)[nH]c2ccc(Br)cc21. The average molecular weight is 327 g/mol. The first kappa shape index (κ1) is 13.8. The van der Waals surface area contributed by atoms with Crippen molar-refractivity contribution in [2.75, 3.05) is 0 Å². The molecule has 0 saturated carbocycles. The Morgan fingerprint density at radius 1 is 1.28 bits per heavy atom. The predicted octanol–water partition coefficient (Wildman–Crippen LogP) is 5.46. The van der Waals surface area contributed by atoms with Crippen LogP contribution in [0.25, 0.3) is 11.0 Å². The van der Waals surface area contributed by atoms with Crippen molar-refractivity contribution in [2.24, 2.45) is 5.92 Å². The van der Waals surface area contributed by atoms with Gasteiger partial charge in [-0.3, -0.25) is 0 Å². The third-order valence-corrected chi connectivity index (χ3v) is 4.07. The Kier molecular flexibility index (Phi) is 4.28. The summed E-state index contributed by atoms with van der Waals surface area (Å²) < 4.78 is 4.14. The molecular formula is C14H19BrN2S. The minimum Gasteiger partial charge on any atom is -0.331 e. The Hall–Kier alpha value is -0.610. The quantitative estimate of drug-likeness (QED) is 0.740. The van der Waals surface area contributed by atoms with Crippen molar-refractivity contribution in [3.63, 3.8) is 0 Å². The molecule has 1 unspecified atom stereocenters. The normalized spacial score (nSPS) is 13.4. The lowest BCUT2D eigenvalue weighted by Gasteiger charge is -2.16. The van der Waals surface area contributed by atoms with Crippen LogP contribution in [0, 0.1) is 10.7 Å². The zero-order chi connectivity index (χ0) is 13.3. The second-order valence-electron chi connectivity index (χ2n) is 5.28. The first-order chi connectivity index (χ1) is 8.49. The summed E-state index contributed by atoms with van der Waals surface area (Å²) in [6.07, 6.45) is 2.38. The molecule has 0 saturated heterocycles. The van der Waals surface area contributed by atoms with E-state index in [2.05, 4.69) is 58.4 Å². The number of rotatable bonds is 4. The topological polar surface area (TPSA) is 20.7 Å². The molecule has 0 aliphatic heterocycles. The van der Waals surface area contributed by atoms with E-state index in [4.69, 9.17) is 12.2 Å². The number of nitrogens with one attached hydrogen (secondary N) is 1. The van der Waals surface area contributed by atoms with E-state index in [0.717, 1.165) is 27.1 Å². The van der Waals surface area contributed by atoms with Gasteiger partial charge in [0.05, 0.1) is 11.0 Å². The zero-order valence-corrected chi connectivity index (χ0v) is 13.4. The molecule has 1 atom stereocenters. The van der Waals surface area contributed by atoms with E-state index >= 15 is 0 Å². The van der Waals surface area contributed by atoms with Crippen LogP contribution in [0.4, 0.5) is 0 Å². The standard InChI is InChI=1S/C14H19BrN2S/c1-9(2)4-5-10(3)17-13-8-11(15)6-7-12(13)16-14(17)18/h6-10H,4-5H2,1-3H3,(H,16,18). The fourth-order valence-corrected chi connectivity index (χ4v) is 2.97. The number of benzene rings is 1. The van der Waals surface area contributed by atoms with Crippen LogP contribution in [0.2, 0.25) is 0 Å². The average Bonchev–Trinajstić information content (AvgIpc) is 2.61. The smallest absolute Gasteiger partial charge is 0.178 e. The molecule has 4 heteroatoms. The van der Waals surface area contributed by atoms with Crippen molar-refractivity contribution in [1.29, 1.82) is 0 Å². The summed E-state index contributed by atoms with van der Waals surface area (Å²) in [6.45, 7) is 6.77. The van der Waals surface area contributed by atoms with Crippen molar-refractivity contribution in [1.82, 2.24) is 9.55 Å². The summed E-state index contributed by atoms with van der Waals surface area (Å²) in [6, 6.07) is 6.67. The Morgan fingerprint density at radius 3 is 2.67 bits per heavy atom. The van der Waals surface area contributed by atoms with Gasteiger partial charge in [-0.2, -0.15) is 0 Å². The number of imidazole rings is 1. The first-order valence-electron chi connectivity index (χ1n) is 6.39. The Bertz CT molecular complexity index is 597. The van der Waals surface area contributed by atoms with Crippen molar-refractivity contribution >= 4 is 39.2 Å². The van der Waals surface area contributed by atoms with Crippen LogP contribution in [0.3, 0.4) is 0 Å². The molecule has 2 rings (SSSR count). The summed E-state index contributed by atoms with van der Waals surface area (Å²) >= 11 is 8.97. The highest BCUT2D eigenvalue weighted by molar-refractivity contribution is 9.10. The van der Waals surface area contributed by atoms with E-state index < -0.39 is 0 Å². The second-order valence-corrected chi connectivity index (χ2v) is 6.58. The summed E-state index contributed by atoms with van der Waals surface area (Å²) in [5, 5.41) is 0. The summed E-state index contributed by atoms with van der Waals surface area (Å²) in [7, 11) is 0. The number of aromatic nitrogens is 2. The van der Waals surface area contributed by atoms with E-state index in [-0.39, 0.29) is 0 Å². The second kappa shape index (κ2) is 5.57. The van der Waals surface area contributed by atoms with Gasteiger partial charge in [0, 0.05) is 10.5 Å². The maximum Gasteiger partial charge on any atom is 0.178 e. The molecule has 1 N–H and O–H groups in total. The van der Waals surface area contributed by atoms with Crippen molar-refractivity contribution in [3.8, 4) is 0 Å². The fraction of sp³-hybridized carbons (Fsp3) is 0.500. The molecule has 0 amide bonds. The zero-order valence-electron chi connectivity index (χ0n) is 11.0. The molecule has 2 nitrogen and oxygen atoms in total. The van der Waals surface area contributed by atoms with Crippen LogP contribution < -0.4 is 0 Å². The lowest BCUT2D eigenvalue weighted by Crippen LogP contribution is -2.06. The van der Waals surface area contributed by atoms with Crippen LogP contribution >= 0.6 is 28.1 Å². The Morgan fingerprint density at radius 2 is 2.00 bits per heavy atom. The third-order valence-electron chi connectivity index (χ3n) is 3.28. The molecule has 1 heterocycles. The number of aromatic amines is 1. The number of nitrogens with zero attached hydrogens (tertiary/aromatic N) is 1. The van der Waals surface area contributed by atoms with E-state index in [1.165, 1.54) is 11.9 Å². The molecule has 98 valence electrons. The first-order valence-corrected chi connectivity index (χ1v) is 7.59. The van der Waals surface area contributed by atoms with Crippen molar-refractivity contribution in [3.05, 3.63) is 27.4 Å². The highest BCUT2D eigenvalue weighted by atomic mass is 79.9. The number of hydrogen-bond donors (Lipinski definition) is 1. The van der Waals surface area contributed by atoms with Gasteiger partial charge in [0.15, 0.2) is 4.77 Å². The molecule has 0 radical (unpaired) electrons. The molecule has 0 aliphatic rings. The maximum atomic E-state index is 5.44. The highest BCUT2D eigenvalue weighted by Gasteiger charge is 2.11. The van der Waals surface area contributed by atoms with Crippen LogP contribution in [-0.4, -0.2) is 9.55 Å². The molecule has 18 heavy (non-hydrogen) atoms. The van der Waals surface area contributed by atoms with E-state index in [1.54, 1.807) is 0 Å². The molecule has 0 aliphatic carbocycles. The van der Waals surface area contributed by atoms with Gasteiger partial charge in [0.1, 0.15) is 0 Å². The summed E-state index contributed by atoms with van der Waals surface area (Å²) in [5.74, 6) is 0.735. The number of fused-ring (bicyclic) bond motifs is 1. The number of halogens is 1. The predicted molar refractivity (Wildman–Crippen MR) is 83.6 cm³/mol.